The zero-order valence-electron chi connectivity index (χ0n) is 20.3. The highest BCUT2D eigenvalue weighted by Crippen LogP contribution is 1.87. The molecule has 0 atom stereocenters. The van der Waals surface area contributed by atoms with Gasteiger partial charge in [0.2, 0.25) is 11.8 Å². The lowest BCUT2D eigenvalue weighted by Crippen LogP contribution is -2.31. The maximum Gasteiger partial charge on any atom is 0.246 e. The Morgan fingerprint density at radius 2 is 0.971 bits per heavy atom. The summed E-state index contributed by atoms with van der Waals surface area (Å²) in [6, 6.07) is 0. The van der Waals surface area contributed by atoms with E-state index in [1.54, 1.807) is 0 Å². The van der Waals surface area contributed by atoms with Crippen LogP contribution < -0.4 is 21.9 Å². The van der Waals surface area contributed by atoms with Gasteiger partial charge in [-0.05, 0) is 19.8 Å². The number of carbonyl (C=O) groups excluding carboxylic acids is 3. The number of ketones is 1. The molecule has 5 N–H and O–H groups in total. The molecule has 2 amide bonds. The summed E-state index contributed by atoms with van der Waals surface area (Å²) in [6.45, 7) is 6.73. The van der Waals surface area contributed by atoms with Crippen molar-refractivity contribution in [2.75, 3.05) is 98.9 Å². The van der Waals surface area contributed by atoms with Crippen LogP contribution in [0.5, 0.6) is 0 Å². The Balaban J connectivity index is 3.26. The molecule has 0 radical (unpaired) electrons. The molecule has 34 heavy (non-hydrogen) atoms. The first-order chi connectivity index (χ1) is 16.6. The molecule has 0 aromatic rings. The summed E-state index contributed by atoms with van der Waals surface area (Å²) in [5.41, 5.74) is 2.47. The van der Waals surface area contributed by atoms with Gasteiger partial charge < -0.3 is 39.1 Å². The molecular weight excluding hydrogens is 452 g/mol. The topological polar surface area (TPSA) is 169 Å². The van der Waals surface area contributed by atoms with E-state index in [9.17, 15) is 14.4 Å². The summed E-state index contributed by atoms with van der Waals surface area (Å²) in [4.78, 5) is 33.9. The van der Waals surface area contributed by atoms with Crippen LogP contribution in [0, 0.1) is 0 Å². The largest absolute Gasteiger partial charge is 0.380 e. The minimum absolute atomic E-state index is 0.00279. The quantitative estimate of drug-likeness (QED) is 0.0605. The Kier molecular flexibility index (Phi) is 24.6. The van der Waals surface area contributed by atoms with Crippen LogP contribution in [0.15, 0.2) is 0 Å². The average Bonchev–Trinajstić information content (AvgIpc) is 2.81. The van der Waals surface area contributed by atoms with E-state index in [0.29, 0.717) is 91.9 Å². The molecule has 0 heterocycles. The Morgan fingerprint density at radius 3 is 1.50 bits per heavy atom. The highest BCUT2D eigenvalue weighted by atomic mass is 16.5. The summed E-state index contributed by atoms with van der Waals surface area (Å²) in [6.07, 6.45) is 1.33. The lowest BCUT2D eigenvalue weighted by atomic mass is 10.4. The maximum absolute atomic E-state index is 11.6. The van der Waals surface area contributed by atoms with E-state index >= 15 is 0 Å². The third-order valence-electron chi connectivity index (χ3n) is 3.83. The van der Waals surface area contributed by atoms with Crippen molar-refractivity contribution in [2.45, 2.75) is 19.8 Å². The number of hydrazine groups is 1. The van der Waals surface area contributed by atoms with E-state index in [1.807, 2.05) is 0 Å². The first kappa shape index (κ1) is 32.3. The van der Waals surface area contributed by atoms with Crippen molar-refractivity contribution in [3.63, 3.8) is 0 Å². The number of ether oxygens (including phenoxy) is 6. The monoisotopic (exact) mass is 494 g/mol. The van der Waals surface area contributed by atoms with E-state index in [2.05, 4.69) is 16.1 Å². The third-order valence-corrected chi connectivity index (χ3v) is 3.83. The van der Waals surface area contributed by atoms with E-state index in [-0.39, 0.29) is 37.4 Å². The number of hydrogen-bond acceptors (Lipinski definition) is 11. The van der Waals surface area contributed by atoms with Crippen LogP contribution in [0.3, 0.4) is 0 Å². The number of carbonyl (C=O) groups is 3. The average molecular weight is 495 g/mol. The van der Waals surface area contributed by atoms with E-state index in [0.717, 1.165) is 0 Å². The van der Waals surface area contributed by atoms with Crippen LogP contribution in [0.4, 0.5) is 0 Å². The second-order valence-corrected chi connectivity index (χ2v) is 7.06. The lowest BCUT2D eigenvalue weighted by Gasteiger charge is -2.09. The van der Waals surface area contributed by atoms with Crippen LogP contribution in [0.2, 0.25) is 0 Å². The zero-order chi connectivity index (χ0) is 25.1. The molecule has 0 aliphatic carbocycles. The zero-order valence-corrected chi connectivity index (χ0v) is 20.3. The van der Waals surface area contributed by atoms with Crippen molar-refractivity contribution in [3.05, 3.63) is 0 Å². The van der Waals surface area contributed by atoms with Crippen LogP contribution in [0.1, 0.15) is 19.8 Å². The molecule has 0 fully saturated rings. The molecule has 0 unspecified atom stereocenters. The molecule has 13 heteroatoms. The van der Waals surface area contributed by atoms with E-state index in [1.165, 1.54) is 6.92 Å². The van der Waals surface area contributed by atoms with Gasteiger partial charge >= 0.3 is 0 Å². The predicted octanol–water partition coefficient (Wildman–Crippen LogP) is -1.85. The summed E-state index contributed by atoms with van der Waals surface area (Å²) in [5.74, 6) is 4.67. The number of nitrogens with two attached hydrogens (primary N) is 1. The Hall–Kier alpha value is -1.71. The molecule has 13 nitrogen and oxygen atoms in total. The molecule has 0 aromatic carbocycles. The highest BCUT2D eigenvalue weighted by molar-refractivity contribution is 5.77. The third kappa shape index (κ3) is 26.5. The second-order valence-electron chi connectivity index (χ2n) is 7.06. The van der Waals surface area contributed by atoms with Gasteiger partial charge in [-0.25, -0.2) is 0 Å². The molecule has 0 spiro atoms. The standard InChI is InChI=1S/C21H42N4O9/c1-19(26)16-32-9-2-7-29-11-4-23-20(27)17-33-10-3-8-30-12-5-24-21(28)18-34-15-14-31-13-6-25-22/h25H,2-18,22H2,1H3,(H,23,27)(H,24,28). The van der Waals surface area contributed by atoms with Crippen LogP contribution in [-0.2, 0) is 42.8 Å². The summed E-state index contributed by atoms with van der Waals surface area (Å²) >= 11 is 0. The van der Waals surface area contributed by atoms with Gasteiger partial charge in [0, 0.05) is 46.1 Å². The van der Waals surface area contributed by atoms with Crippen molar-refractivity contribution in [3.8, 4) is 0 Å². The fourth-order valence-corrected chi connectivity index (χ4v) is 2.25. The van der Waals surface area contributed by atoms with E-state index in [4.69, 9.17) is 34.3 Å². The molecule has 0 aliphatic rings. The number of amides is 2. The van der Waals surface area contributed by atoms with Crippen LogP contribution in [-0.4, -0.2) is 117 Å². The van der Waals surface area contributed by atoms with Gasteiger partial charge in [0.15, 0.2) is 5.78 Å². The Morgan fingerprint density at radius 1 is 0.559 bits per heavy atom. The van der Waals surface area contributed by atoms with Crippen molar-refractivity contribution < 1.29 is 42.8 Å². The van der Waals surface area contributed by atoms with Gasteiger partial charge in [-0.1, -0.05) is 0 Å². The molecule has 0 aromatic heterocycles. The fourth-order valence-electron chi connectivity index (χ4n) is 2.25. The smallest absolute Gasteiger partial charge is 0.246 e. The van der Waals surface area contributed by atoms with Crippen LogP contribution >= 0.6 is 0 Å². The van der Waals surface area contributed by atoms with Crippen molar-refractivity contribution in [1.82, 2.24) is 16.1 Å². The molecule has 200 valence electrons. The van der Waals surface area contributed by atoms with Crippen molar-refractivity contribution in [2.24, 2.45) is 5.84 Å². The molecule has 0 bridgehead atoms. The summed E-state index contributed by atoms with van der Waals surface area (Å²) in [5, 5.41) is 5.38. The minimum Gasteiger partial charge on any atom is -0.380 e. The van der Waals surface area contributed by atoms with Crippen LogP contribution in [0.25, 0.3) is 0 Å². The number of Topliss-reactive ketones (excluding diaryl/α,β-unsaturated/α-hetero) is 1. The van der Waals surface area contributed by atoms with Gasteiger partial charge in [0.25, 0.3) is 0 Å². The Labute approximate surface area is 201 Å². The minimum atomic E-state index is -0.217. The first-order valence-electron chi connectivity index (χ1n) is 11.5. The Bertz CT molecular complexity index is 513. The van der Waals surface area contributed by atoms with Gasteiger partial charge in [0.1, 0.15) is 19.8 Å². The molecule has 0 saturated carbocycles. The predicted molar refractivity (Wildman–Crippen MR) is 123 cm³/mol. The summed E-state index contributed by atoms with van der Waals surface area (Å²) in [7, 11) is 0. The van der Waals surface area contributed by atoms with Gasteiger partial charge in [-0.3, -0.25) is 25.7 Å². The van der Waals surface area contributed by atoms with Gasteiger partial charge in [-0.15, -0.1) is 0 Å². The molecular formula is C21H42N4O9. The van der Waals surface area contributed by atoms with Crippen molar-refractivity contribution >= 4 is 17.6 Å². The summed E-state index contributed by atoms with van der Waals surface area (Å²) < 4.78 is 31.5. The molecule has 0 aliphatic heterocycles. The first-order valence-corrected chi connectivity index (χ1v) is 11.5. The van der Waals surface area contributed by atoms with Gasteiger partial charge in [-0.2, -0.15) is 0 Å². The van der Waals surface area contributed by atoms with Crippen molar-refractivity contribution in [1.29, 1.82) is 0 Å². The number of rotatable bonds is 26. The number of nitrogens with one attached hydrogen (secondary N) is 3. The fraction of sp³-hybridized carbons (Fsp3) is 0.857. The molecule has 0 rings (SSSR count). The second kappa shape index (κ2) is 25.9. The van der Waals surface area contributed by atoms with E-state index < -0.39 is 0 Å². The van der Waals surface area contributed by atoms with Gasteiger partial charge in [0.05, 0.1) is 33.0 Å². The maximum atomic E-state index is 11.6. The lowest BCUT2D eigenvalue weighted by molar-refractivity contribution is -0.126. The highest BCUT2D eigenvalue weighted by Gasteiger charge is 2.02. The number of hydrogen-bond donors (Lipinski definition) is 4. The SMILES string of the molecule is CC(=O)COCCCOCCNC(=O)COCCCOCCNC(=O)COCCOCCNN. The normalized spacial score (nSPS) is 10.9. The molecule has 0 saturated heterocycles.